The number of benzene rings is 2. The summed E-state index contributed by atoms with van der Waals surface area (Å²) >= 11 is 0. The van der Waals surface area contributed by atoms with E-state index in [4.69, 9.17) is 0 Å². The number of rotatable bonds is 6. The molecule has 0 aliphatic carbocycles. The predicted molar refractivity (Wildman–Crippen MR) is 130 cm³/mol. The second-order valence-electron chi connectivity index (χ2n) is 7.54. The monoisotopic (exact) mass is 431 g/mol. The molecule has 3 heterocycles. The third-order valence-electron chi connectivity index (χ3n) is 5.24. The van der Waals surface area contributed by atoms with Gasteiger partial charge in [-0.1, -0.05) is 48.5 Å². The Hall–Kier alpha value is -4.58. The van der Waals surface area contributed by atoms with Crippen molar-refractivity contribution in [2.24, 2.45) is 0 Å². The van der Waals surface area contributed by atoms with E-state index in [1.165, 1.54) is 0 Å². The van der Waals surface area contributed by atoms with Gasteiger partial charge in [-0.15, -0.1) is 0 Å². The molecule has 1 amide bonds. The van der Waals surface area contributed by atoms with Gasteiger partial charge in [-0.05, 0) is 53.6 Å². The minimum atomic E-state index is -0.127. The Kier molecular flexibility index (Phi) is 5.72. The predicted octanol–water partition coefficient (Wildman–Crippen LogP) is 4.92. The molecule has 6 nitrogen and oxygen atoms in total. The van der Waals surface area contributed by atoms with Crippen LogP contribution in [-0.2, 0) is 6.54 Å². The van der Waals surface area contributed by atoms with E-state index in [1.54, 1.807) is 17.1 Å². The molecule has 0 atom stereocenters. The quantitative estimate of drug-likeness (QED) is 0.414. The van der Waals surface area contributed by atoms with Gasteiger partial charge in [0.25, 0.3) is 5.91 Å². The molecule has 0 saturated heterocycles. The highest BCUT2D eigenvalue weighted by Crippen LogP contribution is 2.14. The lowest BCUT2D eigenvalue weighted by Gasteiger charge is -2.07. The lowest BCUT2D eigenvalue weighted by atomic mass is 10.1. The fourth-order valence-electron chi connectivity index (χ4n) is 3.45. The molecule has 0 radical (unpaired) electrons. The Balaban J connectivity index is 1.19. The van der Waals surface area contributed by atoms with Crippen LogP contribution >= 0.6 is 0 Å². The normalized spacial score (nSPS) is 11.2. The summed E-state index contributed by atoms with van der Waals surface area (Å²) < 4.78 is 1.69. The Labute approximate surface area is 191 Å². The molecule has 0 unspecified atom stereocenters. The van der Waals surface area contributed by atoms with Gasteiger partial charge in [-0.25, -0.2) is 14.6 Å². The number of hydrogen-bond donors (Lipinski definition) is 1. The van der Waals surface area contributed by atoms with Crippen LogP contribution in [0.15, 0.2) is 97.5 Å². The zero-order chi connectivity index (χ0) is 22.5. The third kappa shape index (κ3) is 4.85. The van der Waals surface area contributed by atoms with Crippen molar-refractivity contribution in [1.29, 1.82) is 0 Å². The first-order valence-corrected chi connectivity index (χ1v) is 10.6. The molecule has 0 aliphatic heterocycles. The molecule has 33 heavy (non-hydrogen) atoms. The Bertz CT molecular complexity index is 1410. The second-order valence-corrected chi connectivity index (χ2v) is 7.54. The molecule has 1 N–H and O–H groups in total. The van der Waals surface area contributed by atoms with E-state index < -0.39 is 0 Å². The van der Waals surface area contributed by atoms with Crippen molar-refractivity contribution in [3.63, 3.8) is 0 Å². The molecule has 0 bridgehead atoms. The molecule has 0 aliphatic rings. The summed E-state index contributed by atoms with van der Waals surface area (Å²) in [5.74, 6) is 0.607. The maximum absolute atomic E-state index is 12.5. The largest absolute Gasteiger partial charge is 0.348 e. The average Bonchev–Trinajstić information content (AvgIpc) is 3.42. The van der Waals surface area contributed by atoms with Crippen LogP contribution < -0.4 is 5.32 Å². The number of carbonyl (C=O) groups excluding carboxylic acids is 1. The highest BCUT2D eigenvalue weighted by atomic mass is 16.1. The van der Waals surface area contributed by atoms with Crippen LogP contribution in [-0.4, -0.2) is 25.7 Å². The van der Waals surface area contributed by atoms with Gasteiger partial charge in [0, 0.05) is 36.1 Å². The first kappa shape index (κ1) is 20.3. The van der Waals surface area contributed by atoms with Crippen LogP contribution in [0.25, 0.3) is 28.9 Å². The maximum atomic E-state index is 12.5. The highest BCUT2D eigenvalue weighted by molar-refractivity contribution is 5.94. The Morgan fingerprint density at radius 2 is 1.79 bits per heavy atom. The number of nitrogens with zero attached hydrogens (tertiary/aromatic N) is 4. The van der Waals surface area contributed by atoms with Crippen molar-refractivity contribution < 1.29 is 4.79 Å². The van der Waals surface area contributed by atoms with E-state index in [0.29, 0.717) is 12.1 Å². The van der Waals surface area contributed by atoms with E-state index in [2.05, 4.69) is 26.4 Å². The zero-order valence-electron chi connectivity index (χ0n) is 17.8. The van der Waals surface area contributed by atoms with Gasteiger partial charge in [-0.2, -0.15) is 5.10 Å². The number of fused-ring (bicyclic) bond motifs is 1. The first-order valence-electron chi connectivity index (χ1n) is 10.6. The van der Waals surface area contributed by atoms with Gasteiger partial charge in [0.05, 0.1) is 11.2 Å². The SMILES string of the molecule is O=C(NCc1ccc(-n2cccn2)nc1)c1ccc(/C=C/c2ccc3ccccc3n2)cc1. The molecule has 0 saturated carbocycles. The van der Waals surface area contributed by atoms with E-state index in [9.17, 15) is 4.79 Å². The average molecular weight is 431 g/mol. The van der Waals surface area contributed by atoms with E-state index in [-0.39, 0.29) is 5.91 Å². The maximum Gasteiger partial charge on any atom is 0.251 e. The highest BCUT2D eigenvalue weighted by Gasteiger charge is 2.06. The molecular weight excluding hydrogens is 410 g/mol. The summed E-state index contributed by atoms with van der Waals surface area (Å²) in [5, 5.41) is 8.21. The van der Waals surface area contributed by atoms with Gasteiger partial charge in [0.15, 0.2) is 5.82 Å². The molecule has 2 aromatic carbocycles. The topological polar surface area (TPSA) is 72.7 Å². The van der Waals surface area contributed by atoms with Crippen LogP contribution in [0.1, 0.15) is 27.2 Å². The van der Waals surface area contributed by atoms with Crippen LogP contribution in [0.4, 0.5) is 0 Å². The van der Waals surface area contributed by atoms with Gasteiger partial charge >= 0.3 is 0 Å². The second kappa shape index (κ2) is 9.28. The Morgan fingerprint density at radius 1 is 0.909 bits per heavy atom. The number of amides is 1. The fraction of sp³-hybridized carbons (Fsp3) is 0.0370. The number of para-hydroxylation sites is 1. The van der Waals surface area contributed by atoms with Gasteiger partial charge in [-0.3, -0.25) is 4.79 Å². The van der Waals surface area contributed by atoms with Crippen molar-refractivity contribution in [3.8, 4) is 5.82 Å². The van der Waals surface area contributed by atoms with E-state index >= 15 is 0 Å². The van der Waals surface area contributed by atoms with E-state index in [1.807, 2.05) is 91.1 Å². The lowest BCUT2D eigenvalue weighted by molar-refractivity contribution is 0.0951. The van der Waals surface area contributed by atoms with Crippen molar-refractivity contribution in [2.45, 2.75) is 6.54 Å². The molecule has 160 valence electrons. The van der Waals surface area contributed by atoms with Gasteiger partial charge in [0.1, 0.15) is 0 Å². The van der Waals surface area contributed by atoms with Crippen molar-refractivity contribution in [3.05, 3.63) is 120 Å². The van der Waals surface area contributed by atoms with Gasteiger partial charge < -0.3 is 5.32 Å². The van der Waals surface area contributed by atoms with Gasteiger partial charge in [0.2, 0.25) is 0 Å². The summed E-state index contributed by atoms with van der Waals surface area (Å²) in [7, 11) is 0. The molecule has 5 aromatic rings. The smallest absolute Gasteiger partial charge is 0.251 e. The lowest BCUT2D eigenvalue weighted by Crippen LogP contribution is -2.22. The molecule has 3 aromatic heterocycles. The van der Waals surface area contributed by atoms with Crippen LogP contribution in [0.3, 0.4) is 0 Å². The minimum absolute atomic E-state index is 0.127. The standard InChI is InChI=1S/C27H21N5O/c33-27(29-19-21-9-15-26(28-18-21)32-17-3-16-30-32)23-10-6-20(7-11-23)8-13-24-14-12-22-4-1-2-5-25(22)31-24/h1-18H,19H2,(H,29,33)/b13-8+. The summed E-state index contributed by atoms with van der Waals surface area (Å²) in [6.07, 6.45) is 9.25. The summed E-state index contributed by atoms with van der Waals surface area (Å²) in [6.45, 7) is 0.403. The van der Waals surface area contributed by atoms with Crippen molar-refractivity contribution >= 4 is 29.0 Å². The molecule has 6 heteroatoms. The molecule has 0 fully saturated rings. The van der Waals surface area contributed by atoms with Crippen LogP contribution in [0, 0.1) is 0 Å². The third-order valence-corrected chi connectivity index (χ3v) is 5.24. The first-order chi connectivity index (χ1) is 16.2. The number of carbonyl (C=O) groups is 1. The zero-order valence-corrected chi connectivity index (χ0v) is 17.8. The number of hydrogen-bond acceptors (Lipinski definition) is 4. The number of nitrogens with one attached hydrogen (secondary N) is 1. The number of pyridine rings is 2. The minimum Gasteiger partial charge on any atom is -0.348 e. The van der Waals surface area contributed by atoms with Crippen molar-refractivity contribution in [2.75, 3.05) is 0 Å². The Morgan fingerprint density at radius 3 is 2.58 bits per heavy atom. The molecular formula is C27H21N5O. The molecule has 0 spiro atoms. The summed E-state index contributed by atoms with van der Waals surface area (Å²) in [6, 6.07) is 25.2. The number of aromatic nitrogens is 4. The fourth-order valence-corrected chi connectivity index (χ4v) is 3.45. The van der Waals surface area contributed by atoms with Crippen LogP contribution in [0.2, 0.25) is 0 Å². The summed E-state index contributed by atoms with van der Waals surface area (Å²) in [5.41, 5.74) is 4.39. The summed E-state index contributed by atoms with van der Waals surface area (Å²) in [4.78, 5) is 21.5. The van der Waals surface area contributed by atoms with E-state index in [0.717, 1.165) is 33.5 Å². The van der Waals surface area contributed by atoms with Crippen molar-refractivity contribution in [1.82, 2.24) is 25.1 Å². The van der Waals surface area contributed by atoms with Crippen LogP contribution in [0.5, 0.6) is 0 Å². The molecule has 5 rings (SSSR count).